The van der Waals surface area contributed by atoms with Crippen molar-refractivity contribution in [3.63, 3.8) is 0 Å². The normalized spacial score (nSPS) is 10.4. The molecule has 11 heavy (non-hydrogen) atoms. The van der Waals surface area contributed by atoms with E-state index in [0.29, 0.717) is 0 Å². The molecule has 0 heterocycles. The molecule has 1 nitrogen and oxygen atoms in total. The van der Waals surface area contributed by atoms with Gasteiger partial charge in [-0.3, -0.25) is 4.74 Å². The van der Waals surface area contributed by atoms with Crippen molar-refractivity contribution in [3.05, 3.63) is 35.9 Å². The van der Waals surface area contributed by atoms with Crippen LogP contribution >= 0.6 is 0 Å². The van der Waals surface area contributed by atoms with Gasteiger partial charge < -0.3 is 0 Å². The van der Waals surface area contributed by atoms with Crippen molar-refractivity contribution in [2.75, 3.05) is 7.11 Å². The standard InChI is InChI=1S/C10H12O/c1-3-4-9-5-7-10(11-2)8-6-9/h3-8H,1-2H3/q+1. The second-order valence-corrected chi connectivity index (χ2v) is 2.27. The molecular formula is C10H12O+. The molecule has 0 amide bonds. The molecule has 0 aliphatic carbocycles. The van der Waals surface area contributed by atoms with Gasteiger partial charge in [-0.15, -0.1) is 0 Å². The summed E-state index contributed by atoms with van der Waals surface area (Å²) in [6.07, 6.45) is 4.07. The molecule has 1 heteroatoms. The topological polar surface area (TPSA) is 11.3 Å². The van der Waals surface area contributed by atoms with Crippen LogP contribution in [-0.4, -0.2) is 7.11 Å². The summed E-state index contributed by atoms with van der Waals surface area (Å²) in [6.45, 7) is 2.00. The first-order valence-electron chi connectivity index (χ1n) is 3.63. The average Bonchev–Trinajstić information content (AvgIpc) is 2.07. The average molecular weight is 148 g/mol. The van der Waals surface area contributed by atoms with Gasteiger partial charge in [0.05, 0.1) is 0 Å². The third-order valence-corrected chi connectivity index (χ3v) is 1.47. The molecule has 0 N–H and O–H groups in total. The van der Waals surface area contributed by atoms with E-state index >= 15 is 0 Å². The number of ether oxygens (including phenoxy) is 1. The van der Waals surface area contributed by atoms with Crippen molar-refractivity contribution in [2.24, 2.45) is 0 Å². The second kappa shape index (κ2) is 3.81. The number of methoxy groups -OCH3 is 1. The Morgan fingerprint density at radius 2 is 1.82 bits per heavy atom. The molecular weight excluding hydrogens is 136 g/mol. The molecule has 0 fully saturated rings. The van der Waals surface area contributed by atoms with Gasteiger partial charge in [0.2, 0.25) is 0 Å². The Hall–Kier alpha value is -1.24. The third-order valence-electron chi connectivity index (χ3n) is 1.47. The summed E-state index contributed by atoms with van der Waals surface area (Å²) in [5, 5.41) is 0. The van der Waals surface area contributed by atoms with Gasteiger partial charge in [0.1, 0.15) is 0 Å². The third kappa shape index (κ3) is 2.11. The van der Waals surface area contributed by atoms with Crippen LogP contribution in [0.4, 0.5) is 0 Å². The zero-order valence-electron chi connectivity index (χ0n) is 6.87. The second-order valence-electron chi connectivity index (χ2n) is 2.27. The molecule has 0 saturated heterocycles. The molecule has 0 unspecified atom stereocenters. The Bertz CT molecular complexity index is 234. The summed E-state index contributed by atoms with van der Waals surface area (Å²) in [5.74, 6) is 0.901. The highest BCUT2D eigenvalue weighted by molar-refractivity contribution is 5.50. The minimum absolute atomic E-state index is 0.901. The van der Waals surface area contributed by atoms with Crippen LogP contribution in [0.2, 0.25) is 0 Å². The lowest BCUT2D eigenvalue weighted by Gasteiger charge is -1.89. The first-order chi connectivity index (χ1) is 5.36. The van der Waals surface area contributed by atoms with E-state index in [4.69, 9.17) is 4.74 Å². The molecule has 0 aliphatic heterocycles. The Morgan fingerprint density at radius 1 is 1.18 bits per heavy atom. The smallest absolute Gasteiger partial charge is 0.258 e. The fourth-order valence-corrected chi connectivity index (χ4v) is 0.907. The van der Waals surface area contributed by atoms with Gasteiger partial charge >= 0.3 is 5.75 Å². The van der Waals surface area contributed by atoms with Crippen molar-refractivity contribution >= 4 is 6.08 Å². The molecule has 0 aromatic heterocycles. The quantitative estimate of drug-likeness (QED) is 0.587. The van der Waals surface area contributed by atoms with Gasteiger partial charge in [-0.2, -0.15) is 0 Å². The highest BCUT2D eigenvalue weighted by Crippen LogP contribution is 2.11. The van der Waals surface area contributed by atoms with E-state index in [-0.39, 0.29) is 0 Å². The zero-order valence-corrected chi connectivity index (χ0v) is 6.87. The van der Waals surface area contributed by atoms with Crippen LogP contribution in [0.25, 0.3) is 6.08 Å². The van der Waals surface area contributed by atoms with Crippen LogP contribution in [0.3, 0.4) is 0 Å². The van der Waals surface area contributed by atoms with Crippen molar-refractivity contribution in [1.29, 1.82) is 0 Å². The number of hydrogen-bond acceptors (Lipinski definition) is 1. The van der Waals surface area contributed by atoms with Crippen molar-refractivity contribution in [2.45, 2.75) is 6.92 Å². The first-order valence-corrected chi connectivity index (χ1v) is 3.63. The summed E-state index contributed by atoms with van der Waals surface area (Å²) < 4.78 is 5.02. The monoisotopic (exact) mass is 148 g/mol. The van der Waals surface area contributed by atoms with Gasteiger partial charge in [-0.05, 0) is 24.6 Å². The molecule has 1 aromatic rings. The van der Waals surface area contributed by atoms with Crippen LogP contribution in [0.1, 0.15) is 12.5 Å². The van der Waals surface area contributed by atoms with Crippen molar-refractivity contribution < 1.29 is 4.74 Å². The van der Waals surface area contributed by atoms with Gasteiger partial charge in [0.25, 0.3) is 7.11 Å². The van der Waals surface area contributed by atoms with Crippen LogP contribution < -0.4 is 4.74 Å². The lowest BCUT2D eigenvalue weighted by molar-refractivity contribution is 0.415. The van der Waals surface area contributed by atoms with E-state index < -0.39 is 0 Å². The van der Waals surface area contributed by atoms with Crippen molar-refractivity contribution in [3.8, 4) is 5.75 Å². The van der Waals surface area contributed by atoms with E-state index in [1.165, 1.54) is 5.56 Å². The van der Waals surface area contributed by atoms with Gasteiger partial charge in [-0.1, -0.05) is 12.2 Å². The minimum atomic E-state index is 0.901. The Balaban J connectivity index is 2.82. The Kier molecular flexibility index (Phi) is 2.73. The van der Waals surface area contributed by atoms with Crippen LogP contribution in [0.5, 0.6) is 5.75 Å². The maximum absolute atomic E-state index is 5.02. The highest BCUT2D eigenvalue weighted by atomic mass is 16.5. The molecule has 0 spiro atoms. The minimum Gasteiger partial charge on any atom is -0.258 e. The molecule has 0 bridgehead atoms. The van der Waals surface area contributed by atoms with Gasteiger partial charge in [-0.25, -0.2) is 0 Å². The fourth-order valence-electron chi connectivity index (χ4n) is 0.907. The Morgan fingerprint density at radius 3 is 2.27 bits per heavy atom. The fraction of sp³-hybridized carbons (Fsp3) is 0.200. The highest BCUT2D eigenvalue weighted by Gasteiger charge is 1.98. The van der Waals surface area contributed by atoms with E-state index in [0.717, 1.165) is 5.75 Å². The summed E-state index contributed by atoms with van der Waals surface area (Å²) >= 11 is 0. The molecule has 57 valence electrons. The van der Waals surface area contributed by atoms with E-state index in [1.807, 2.05) is 37.3 Å². The lowest BCUT2D eigenvalue weighted by atomic mass is 10.2. The van der Waals surface area contributed by atoms with E-state index in [1.54, 1.807) is 7.11 Å². The largest absolute Gasteiger partial charge is 0.343 e. The maximum atomic E-state index is 5.02. The molecule has 1 radical (unpaired) electrons. The predicted octanol–water partition coefficient (Wildman–Crippen LogP) is 2.73. The van der Waals surface area contributed by atoms with Gasteiger partial charge in [0, 0.05) is 12.1 Å². The van der Waals surface area contributed by atoms with Crippen molar-refractivity contribution in [1.82, 2.24) is 0 Å². The lowest BCUT2D eigenvalue weighted by Crippen LogP contribution is -1.80. The molecule has 1 rings (SSSR count). The molecule has 0 atom stereocenters. The van der Waals surface area contributed by atoms with Gasteiger partial charge in [0.15, 0.2) is 0 Å². The molecule has 0 aliphatic rings. The molecule has 1 aromatic carbocycles. The van der Waals surface area contributed by atoms with Crippen LogP contribution in [0.15, 0.2) is 30.3 Å². The van der Waals surface area contributed by atoms with E-state index in [9.17, 15) is 0 Å². The van der Waals surface area contributed by atoms with Crippen LogP contribution in [0, 0.1) is 0 Å². The number of benzene rings is 1. The SMILES string of the molecule is CC=Cc1ccc([O+]C)cc1. The number of hydrogen-bond donors (Lipinski definition) is 0. The Labute approximate surface area is 67.3 Å². The predicted molar refractivity (Wildman–Crippen MR) is 47.7 cm³/mol. The molecule has 0 saturated carbocycles. The number of rotatable bonds is 2. The first kappa shape index (κ1) is 7.86. The number of allylic oxidation sites excluding steroid dienone is 1. The van der Waals surface area contributed by atoms with Crippen LogP contribution in [-0.2, 0) is 0 Å². The summed E-state index contributed by atoms with van der Waals surface area (Å²) in [4.78, 5) is 0. The summed E-state index contributed by atoms with van der Waals surface area (Å²) in [5.41, 5.74) is 1.20. The van der Waals surface area contributed by atoms with E-state index in [2.05, 4.69) is 6.08 Å². The zero-order chi connectivity index (χ0) is 8.10. The summed E-state index contributed by atoms with van der Waals surface area (Å²) in [6, 6.07) is 7.96. The summed E-state index contributed by atoms with van der Waals surface area (Å²) in [7, 11) is 1.67. The maximum Gasteiger partial charge on any atom is 0.343 e.